The Labute approximate surface area is 143 Å². The highest BCUT2D eigenvalue weighted by Gasteiger charge is 2.33. The summed E-state index contributed by atoms with van der Waals surface area (Å²) in [6, 6.07) is 0.430. The van der Waals surface area contributed by atoms with E-state index >= 15 is 0 Å². The molecular formula is C16H21F4N3O2. The van der Waals surface area contributed by atoms with Crippen molar-refractivity contribution in [3.63, 3.8) is 0 Å². The van der Waals surface area contributed by atoms with Gasteiger partial charge in [-0.3, -0.25) is 0 Å². The first-order valence-corrected chi connectivity index (χ1v) is 7.92. The highest BCUT2D eigenvalue weighted by Crippen LogP contribution is 2.31. The van der Waals surface area contributed by atoms with Crippen molar-refractivity contribution >= 4 is 11.9 Å². The summed E-state index contributed by atoms with van der Waals surface area (Å²) in [6.45, 7) is 6.03. The predicted octanol–water partition coefficient (Wildman–Crippen LogP) is 3.73. The second-order valence-electron chi connectivity index (χ2n) is 7.02. The van der Waals surface area contributed by atoms with Crippen molar-refractivity contribution < 1.29 is 27.1 Å². The number of alkyl halides is 3. The molecule has 2 heterocycles. The first-order chi connectivity index (χ1) is 11.5. The maximum atomic E-state index is 14.1. The number of alkyl carbamates (subject to hydrolysis) is 1. The van der Waals surface area contributed by atoms with Crippen molar-refractivity contribution in [2.75, 3.05) is 18.0 Å². The van der Waals surface area contributed by atoms with E-state index in [0.29, 0.717) is 31.6 Å². The fourth-order valence-electron chi connectivity index (χ4n) is 2.53. The molecule has 5 nitrogen and oxygen atoms in total. The van der Waals surface area contributed by atoms with Gasteiger partial charge in [-0.25, -0.2) is 14.2 Å². The minimum absolute atomic E-state index is 0.169. The van der Waals surface area contributed by atoms with E-state index in [2.05, 4.69) is 10.3 Å². The van der Waals surface area contributed by atoms with E-state index in [1.807, 2.05) is 20.8 Å². The Hall–Kier alpha value is -2.06. The Morgan fingerprint density at radius 1 is 1.36 bits per heavy atom. The maximum absolute atomic E-state index is 14.1. The van der Waals surface area contributed by atoms with Gasteiger partial charge in [0.05, 0.1) is 12.1 Å². The van der Waals surface area contributed by atoms with Crippen LogP contribution in [0.3, 0.4) is 0 Å². The number of nitrogens with zero attached hydrogens (tertiary/aromatic N) is 2. The van der Waals surface area contributed by atoms with Gasteiger partial charge in [-0.05, 0) is 39.7 Å². The molecule has 140 valence electrons. The van der Waals surface area contributed by atoms with Crippen LogP contribution in [0.1, 0.15) is 39.2 Å². The number of ether oxygens (including phenoxy) is 1. The van der Waals surface area contributed by atoms with E-state index in [0.717, 1.165) is 0 Å². The number of halogens is 4. The summed E-state index contributed by atoms with van der Waals surface area (Å²) < 4.78 is 57.2. The van der Waals surface area contributed by atoms with Gasteiger partial charge in [0.15, 0.2) is 11.6 Å². The molecule has 1 fully saturated rings. The summed E-state index contributed by atoms with van der Waals surface area (Å²) in [6.07, 6.45) is -3.91. The molecular weight excluding hydrogens is 342 g/mol. The van der Waals surface area contributed by atoms with E-state index in [1.165, 1.54) is 4.90 Å². The van der Waals surface area contributed by atoms with Crippen molar-refractivity contribution in [3.8, 4) is 0 Å². The number of pyridine rings is 1. The summed E-state index contributed by atoms with van der Waals surface area (Å²) in [5.41, 5.74) is -1.59. The molecule has 1 N–H and O–H groups in total. The number of piperidine rings is 1. The molecule has 9 heteroatoms. The maximum Gasteiger partial charge on any atom is 0.417 e. The molecule has 0 saturated carbocycles. The van der Waals surface area contributed by atoms with Gasteiger partial charge in [0.2, 0.25) is 0 Å². The SMILES string of the molecule is CC(C)(C)NC(=O)O[C@@H]1CCCN(c2ncc(C(F)(F)F)cc2F)C1. The van der Waals surface area contributed by atoms with E-state index < -0.39 is 35.3 Å². The van der Waals surface area contributed by atoms with Gasteiger partial charge in [0.1, 0.15) is 6.10 Å². The lowest BCUT2D eigenvalue weighted by molar-refractivity contribution is -0.138. The van der Waals surface area contributed by atoms with Crippen LogP contribution in [0.2, 0.25) is 0 Å². The Kier molecular flexibility index (Phi) is 5.43. The number of carbonyl (C=O) groups is 1. The lowest BCUT2D eigenvalue weighted by atomic mass is 10.1. The molecule has 25 heavy (non-hydrogen) atoms. The molecule has 0 aliphatic carbocycles. The zero-order valence-electron chi connectivity index (χ0n) is 14.3. The van der Waals surface area contributed by atoms with Gasteiger partial charge < -0.3 is 15.0 Å². The third kappa shape index (κ3) is 5.47. The van der Waals surface area contributed by atoms with Crippen molar-refractivity contribution in [2.45, 2.75) is 51.4 Å². The third-order valence-corrected chi connectivity index (χ3v) is 3.58. The van der Waals surface area contributed by atoms with Crippen LogP contribution in [-0.2, 0) is 10.9 Å². The molecule has 1 saturated heterocycles. The van der Waals surface area contributed by atoms with E-state index in [-0.39, 0.29) is 12.4 Å². The first kappa shape index (κ1) is 19.3. The Morgan fingerprint density at radius 2 is 2.04 bits per heavy atom. The molecule has 0 aromatic carbocycles. The summed E-state index contributed by atoms with van der Waals surface area (Å²) >= 11 is 0. The lowest BCUT2D eigenvalue weighted by Gasteiger charge is -2.34. The highest BCUT2D eigenvalue weighted by molar-refractivity contribution is 5.68. The number of aromatic nitrogens is 1. The van der Waals surface area contributed by atoms with Gasteiger partial charge in [-0.2, -0.15) is 13.2 Å². The largest absolute Gasteiger partial charge is 0.444 e. The monoisotopic (exact) mass is 363 g/mol. The minimum Gasteiger partial charge on any atom is -0.444 e. The van der Waals surface area contributed by atoms with E-state index in [4.69, 9.17) is 4.74 Å². The van der Waals surface area contributed by atoms with Crippen LogP contribution in [0.15, 0.2) is 12.3 Å². The number of rotatable bonds is 2. The molecule has 0 bridgehead atoms. The molecule has 1 aromatic rings. The third-order valence-electron chi connectivity index (χ3n) is 3.58. The van der Waals surface area contributed by atoms with Crippen molar-refractivity contribution in [3.05, 3.63) is 23.6 Å². The van der Waals surface area contributed by atoms with Crippen LogP contribution in [0.4, 0.5) is 28.2 Å². The standard InChI is InChI=1S/C16H21F4N3O2/c1-15(2,3)22-14(24)25-11-5-4-6-23(9-11)13-12(17)7-10(8-21-13)16(18,19)20/h7-8,11H,4-6,9H2,1-3H3,(H,22,24)/t11-/m1/s1. The number of carbonyl (C=O) groups excluding carboxylic acids is 1. The molecule has 0 spiro atoms. The average Bonchev–Trinajstić information content (AvgIpc) is 2.44. The molecule has 2 rings (SSSR count). The van der Waals surface area contributed by atoms with Crippen LogP contribution in [0.25, 0.3) is 0 Å². The molecule has 0 radical (unpaired) electrons. The minimum atomic E-state index is -4.65. The number of anilines is 1. The summed E-state index contributed by atoms with van der Waals surface area (Å²) in [7, 11) is 0. The topological polar surface area (TPSA) is 54.5 Å². The van der Waals surface area contributed by atoms with Crippen LogP contribution in [0.5, 0.6) is 0 Å². The molecule has 1 atom stereocenters. The van der Waals surface area contributed by atoms with Crippen LogP contribution < -0.4 is 10.2 Å². The molecule has 1 aromatic heterocycles. The number of amides is 1. The van der Waals surface area contributed by atoms with Gasteiger partial charge >= 0.3 is 12.3 Å². The van der Waals surface area contributed by atoms with Crippen molar-refractivity contribution in [2.24, 2.45) is 0 Å². The normalized spacial score (nSPS) is 18.8. The van der Waals surface area contributed by atoms with Gasteiger partial charge in [0.25, 0.3) is 0 Å². The van der Waals surface area contributed by atoms with E-state index in [9.17, 15) is 22.4 Å². The fraction of sp³-hybridized carbons (Fsp3) is 0.625. The zero-order chi connectivity index (χ0) is 18.8. The predicted molar refractivity (Wildman–Crippen MR) is 83.8 cm³/mol. The number of hydrogen-bond acceptors (Lipinski definition) is 4. The first-order valence-electron chi connectivity index (χ1n) is 7.92. The van der Waals surface area contributed by atoms with Gasteiger partial charge in [0, 0.05) is 18.3 Å². The number of nitrogens with one attached hydrogen (secondary N) is 1. The Balaban J connectivity index is 2.05. The Morgan fingerprint density at radius 3 is 2.60 bits per heavy atom. The Bertz CT molecular complexity index is 629. The second kappa shape index (κ2) is 7.05. The summed E-state index contributed by atoms with van der Waals surface area (Å²) in [4.78, 5) is 16.9. The summed E-state index contributed by atoms with van der Waals surface area (Å²) in [5.74, 6) is -1.22. The van der Waals surface area contributed by atoms with Crippen LogP contribution >= 0.6 is 0 Å². The molecule has 1 aliphatic heterocycles. The van der Waals surface area contributed by atoms with Crippen LogP contribution in [0, 0.1) is 5.82 Å². The van der Waals surface area contributed by atoms with Gasteiger partial charge in [-0.15, -0.1) is 0 Å². The van der Waals surface area contributed by atoms with Crippen molar-refractivity contribution in [1.29, 1.82) is 0 Å². The van der Waals surface area contributed by atoms with Crippen molar-refractivity contribution in [1.82, 2.24) is 10.3 Å². The molecule has 1 aliphatic rings. The van der Waals surface area contributed by atoms with E-state index in [1.54, 1.807) is 0 Å². The van der Waals surface area contributed by atoms with Gasteiger partial charge in [-0.1, -0.05) is 0 Å². The quantitative estimate of drug-likeness (QED) is 0.814. The van der Waals surface area contributed by atoms with Crippen LogP contribution in [-0.4, -0.2) is 35.8 Å². The summed E-state index contributed by atoms with van der Waals surface area (Å²) in [5, 5.41) is 2.66. The highest BCUT2D eigenvalue weighted by atomic mass is 19.4. The zero-order valence-corrected chi connectivity index (χ0v) is 14.3. The average molecular weight is 363 g/mol. The number of hydrogen-bond donors (Lipinski definition) is 1. The lowest BCUT2D eigenvalue weighted by Crippen LogP contribution is -2.46. The molecule has 0 unspecified atom stereocenters. The smallest absolute Gasteiger partial charge is 0.417 e. The second-order valence-corrected chi connectivity index (χ2v) is 7.02. The fourth-order valence-corrected chi connectivity index (χ4v) is 2.53. The molecule has 1 amide bonds.